The lowest BCUT2D eigenvalue weighted by atomic mass is 9.99. The third-order valence-corrected chi connectivity index (χ3v) is 4.78. The van der Waals surface area contributed by atoms with Gasteiger partial charge in [-0.05, 0) is 46.6 Å². The number of nitrogens with zero attached hydrogens (tertiary/aromatic N) is 3. The minimum atomic E-state index is 0.535. The molecule has 2 unspecified atom stereocenters. The minimum Gasteiger partial charge on any atom is -0.370 e. The zero-order valence-electron chi connectivity index (χ0n) is 13.4. The Morgan fingerprint density at radius 1 is 1.10 bits per heavy atom. The molecular formula is C16H27N5. The average Bonchev–Trinajstić information content (AvgIpc) is 2.88. The van der Waals surface area contributed by atoms with Crippen LogP contribution in [0.25, 0.3) is 0 Å². The second-order valence-corrected chi connectivity index (χ2v) is 6.26. The van der Waals surface area contributed by atoms with E-state index in [0.717, 1.165) is 29.6 Å². The van der Waals surface area contributed by atoms with Gasteiger partial charge >= 0.3 is 0 Å². The molecule has 116 valence electrons. The molecular weight excluding hydrogens is 262 g/mol. The summed E-state index contributed by atoms with van der Waals surface area (Å²) in [5, 5.41) is 7.05. The van der Waals surface area contributed by atoms with Crippen molar-refractivity contribution in [3.63, 3.8) is 0 Å². The Kier molecular flexibility index (Phi) is 4.29. The van der Waals surface area contributed by atoms with Gasteiger partial charge in [-0.2, -0.15) is 0 Å². The first-order chi connectivity index (χ1) is 10.2. The van der Waals surface area contributed by atoms with Crippen molar-refractivity contribution in [1.82, 2.24) is 14.9 Å². The molecule has 0 amide bonds. The molecule has 1 aromatic rings. The summed E-state index contributed by atoms with van der Waals surface area (Å²) in [5.41, 5.74) is 1.14. The normalized spacial score (nSPS) is 25.7. The quantitative estimate of drug-likeness (QED) is 0.892. The Bertz CT molecular complexity index is 502. The highest BCUT2D eigenvalue weighted by atomic mass is 15.2. The van der Waals surface area contributed by atoms with Gasteiger partial charge in [-0.1, -0.05) is 6.42 Å². The first-order valence-electron chi connectivity index (χ1n) is 8.28. The van der Waals surface area contributed by atoms with Gasteiger partial charge in [-0.15, -0.1) is 0 Å². The molecule has 1 aromatic heterocycles. The topological polar surface area (TPSA) is 53.1 Å². The van der Waals surface area contributed by atoms with Crippen molar-refractivity contribution in [2.75, 3.05) is 30.3 Å². The van der Waals surface area contributed by atoms with Crippen LogP contribution in [0.15, 0.2) is 0 Å². The summed E-state index contributed by atoms with van der Waals surface area (Å²) >= 11 is 0. The molecule has 2 N–H and O–H groups in total. The Balaban J connectivity index is 1.78. The number of fused-ring (bicyclic) bond motifs is 1. The molecule has 5 heteroatoms. The van der Waals surface area contributed by atoms with E-state index in [1.807, 2.05) is 6.92 Å². The van der Waals surface area contributed by atoms with Crippen molar-refractivity contribution < 1.29 is 0 Å². The van der Waals surface area contributed by atoms with Crippen molar-refractivity contribution in [3.8, 4) is 0 Å². The minimum absolute atomic E-state index is 0.535. The third kappa shape index (κ3) is 2.98. The summed E-state index contributed by atoms with van der Waals surface area (Å²) < 4.78 is 0. The van der Waals surface area contributed by atoms with E-state index in [4.69, 9.17) is 0 Å². The van der Waals surface area contributed by atoms with Crippen molar-refractivity contribution in [3.05, 3.63) is 11.4 Å². The zero-order chi connectivity index (χ0) is 14.8. The molecule has 0 spiro atoms. The summed E-state index contributed by atoms with van der Waals surface area (Å²) in [6.07, 6.45) is 5.27. The van der Waals surface area contributed by atoms with Crippen molar-refractivity contribution in [1.29, 1.82) is 0 Å². The molecule has 3 heterocycles. The fourth-order valence-corrected chi connectivity index (χ4v) is 3.70. The maximum absolute atomic E-state index is 4.64. The third-order valence-electron chi connectivity index (χ3n) is 4.78. The lowest BCUT2D eigenvalue weighted by molar-refractivity contribution is 0.192. The molecule has 0 saturated carbocycles. The molecule has 0 bridgehead atoms. The molecule has 3 rings (SSSR count). The highest BCUT2D eigenvalue weighted by Crippen LogP contribution is 2.30. The van der Waals surface area contributed by atoms with Crippen molar-refractivity contribution in [2.24, 2.45) is 0 Å². The van der Waals surface area contributed by atoms with Crippen LogP contribution < -0.4 is 10.6 Å². The van der Waals surface area contributed by atoms with Gasteiger partial charge in [0.05, 0.1) is 0 Å². The molecule has 5 nitrogen and oxygen atoms in total. The number of anilines is 2. The molecule has 2 aliphatic rings. The second-order valence-electron chi connectivity index (χ2n) is 6.26. The van der Waals surface area contributed by atoms with E-state index in [1.54, 1.807) is 0 Å². The number of aryl methyl sites for hydroxylation is 1. The molecule has 2 atom stereocenters. The van der Waals surface area contributed by atoms with E-state index in [2.05, 4.69) is 39.3 Å². The largest absolute Gasteiger partial charge is 0.370 e. The van der Waals surface area contributed by atoms with Crippen molar-refractivity contribution >= 4 is 11.6 Å². The summed E-state index contributed by atoms with van der Waals surface area (Å²) in [6, 6.07) is 1.23. The summed E-state index contributed by atoms with van der Waals surface area (Å²) in [4.78, 5) is 11.8. The molecule has 0 radical (unpaired) electrons. The van der Waals surface area contributed by atoms with Gasteiger partial charge in [0.2, 0.25) is 0 Å². The second kappa shape index (κ2) is 6.18. The highest BCUT2D eigenvalue weighted by molar-refractivity contribution is 5.57. The molecule has 2 aliphatic heterocycles. The van der Waals surface area contributed by atoms with Crippen LogP contribution >= 0.6 is 0 Å². The smallest absolute Gasteiger partial charge is 0.135 e. The van der Waals surface area contributed by atoms with Gasteiger partial charge in [0.25, 0.3) is 0 Å². The van der Waals surface area contributed by atoms with Gasteiger partial charge < -0.3 is 10.6 Å². The Morgan fingerprint density at radius 3 is 2.71 bits per heavy atom. The Hall–Kier alpha value is -1.36. The lowest BCUT2D eigenvalue weighted by Crippen LogP contribution is -2.42. The van der Waals surface area contributed by atoms with Crippen molar-refractivity contribution in [2.45, 2.75) is 58.5 Å². The van der Waals surface area contributed by atoms with Crippen LogP contribution in [0.1, 0.15) is 44.0 Å². The van der Waals surface area contributed by atoms with E-state index in [0.29, 0.717) is 12.1 Å². The summed E-state index contributed by atoms with van der Waals surface area (Å²) in [6.45, 7) is 9.55. The maximum Gasteiger partial charge on any atom is 0.135 e. The van der Waals surface area contributed by atoms with Gasteiger partial charge in [0, 0.05) is 30.7 Å². The van der Waals surface area contributed by atoms with E-state index in [1.165, 1.54) is 38.8 Å². The summed E-state index contributed by atoms with van der Waals surface area (Å²) in [7, 11) is 0. The molecule has 2 saturated heterocycles. The summed E-state index contributed by atoms with van der Waals surface area (Å²) in [5.74, 6) is 2.81. The van der Waals surface area contributed by atoms with E-state index in [-0.39, 0.29) is 0 Å². The van der Waals surface area contributed by atoms with Gasteiger partial charge in [0.1, 0.15) is 17.5 Å². The number of hydrogen-bond acceptors (Lipinski definition) is 5. The number of hydrogen-bond donors (Lipinski definition) is 2. The number of piperidine rings is 1. The zero-order valence-corrected chi connectivity index (χ0v) is 13.4. The van der Waals surface area contributed by atoms with Crippen LogP contribution in [-0.2, 0) is 0 Å². The monoisotopic (exact) mass is 289 g/mol. The Labute approximate surface area is 127 Å². The highest BCUT2D eigenvalue weighted by Gasteiger charge is 2.35. The van der Waals surface area contributed by atoms with E-state index >= 15 is 0 Å². The van der Waals surface area contributed by atoms with Crippen LogP contribution in [0.4, 0.5) is 11.6 Å². The maximum atomic E-state index is 4.64. The van der Waals surface area contributed by atoms with Crippen LogP contribution in [0.5, 0.6) is 0 Å². The fraction of sp³-hybridized carbons (Fsp3) is 0.750. The fourth-order valence-electron chi connectivity index (χ4n) is 3.70. The van der Waals surface area contributed by atoms with Crippen LogP contribution in [0.3, 0.4) is 0 Å². The van der Waals surface area contributed by atoms with Crippen LogP contribution in [-0.4, -0.2) is 46.6 Å². The average molecular weight is 289 g/mol. The number of nitrogens with one attached hydrogen (secondary N) is 2. The molecule has 21 heavy (non-hydrogen) atoms. The Morgan fingerprint density at radius 2 is 1.90 bits per heavy atom. The van der Waals surface area contributed by atoms with Gasteiger partial charge in [0.15, 0.2) is 0 Å². The molecule has 0 aromatic carbocycles. The number of rotatable bonds is 4. The van der Waals surface area contributed by atoms with E-state index in [9.17, 15) is 0 Å². The molecule has 0 aliphatic carbocycles. The standard InChI is InChI=1S/C16H27N5/c1-4-17-15-11(2)16(19-12(3)18-15)20-13-8-10-21-9-6-5-7-14(13)21/h13-14H,4-10H2,1-3H3,(H2,17,18,19,20). The number of aromatic nitrogens is 2. The van der Waals surface area contributed by atoms with Gasteiger partial charge in [-0.25, -0.2) is 9.97 Å². The molecule has 2 fully saturated rings. The van der Waals surface area contributed by atoms with Crippen LogP contribution in [0.2, 0.25) is 0 Å². The van der Waals surface area contributed by atoms with Crippen LogP contribution in [0, 0.1) is 13.8 Å². The lowest BCUT2D eigenvalue weighted by Gasteiger charge is -2.33. The first-order valence-corrected chi connectivity index (χ1v) is 8.28. The predicted molar refractivity (Wildman–Crippen MR) is 86.9 cm³/mol. The van der Waals surface area contributed by atoms with Gasteiger partial charge in [-0.3, -0.25) is 4.90 Å². The first kappa shape index (κ1) is 14.6. The SMILES string of the molecule is CCNc1nc(C)nc(NC2CCN3CCCCC23)c1C. The van der Waals surface area contributed by atoms with E-state index < -0.39 is 0 Å². The predicted octanol–water partition coefficient (Wildman–Crippen LogP) is 2.56.